The van der Waals surface area contributed by atoms with Crippen molar-refractivity contribution < 1.29 is 4.79 Å². The van der Waals surface area contributed by atoms with Crippen molar-refractivity contribution in [3.05, 3.63) is 11.3 Å². The predicted octanol–water partition coefficient (Wildman–Crippen LogP) is 1.57. The molecule has 3 rings (SSSR count). The number of carbonyl (C=O) groups excluding carboxylic acids is 1. The van der Waals surface area contributed by atoms with Crippen molar-refractivity contribution in [2.45, 2.75) is 45.1 Å². The zero-order valence-electron chi connectivity index (χ0n) is 10.6. The maximum Gasteiger partial charge on any atom is 0.228 e. The van der Waals surface area contributed by atoms with Crippen molar-refractivity contribution in [3.8, 4) is 0 Å². The minimum atomic E-state index is 0.148. The average molecular weight is 248 g/mol. The van der Waals surface area contributed by atoms with E-state index in [0.29, 0.717) is 0 Å². The second-order valence-electron chi connectivity index (χ2n) is 5.28. The Bertz CT molecular complexity index is 434. The number of aromatic amines is 1. The third-order valence-corrected chi connectivity index (χ3v) is 4.02. The van der Waals surface area contributed by atoms with Crippen molar-refractivity contribution in [2.24, 2.45) is 5.92 Å². The van der Waals surface area contributed by atoms with Crippen LogP contribution in [-0.2, 0) is 17.8 Å². The van der Waals surface area contributed by atoms with Crippen LogP contribution in [0.2, 0.25) is 0 Å². The molecule has 0 spiro atoms. The molecule has 3 N–H and O–H groups in total. The Hall–Kier alpha value is -1.36. The summed E-state index contributed by atoms with van der Waals surface area (Å²) in [6, 6.07) is 0. The molecule has 2 heterocycles. The van der Waals surface area contributed by atoms with Gasteiger partial charge in [-0.25, -0.2) is 0 Å². The first-order valence-corrected chi connectivity index (χ1v) is 6.92. The van der Waals surface area contributed by atoms with Crippen molar-refractivity contribution in [3.63, 3.8) is 0 Å². The fraction of sp³-hybridized carbons (Fsp3) is 0.692. The van der Waals surface area contributed by atoms with Gasteiger partial charge in [0, 0.05) is 36.7 Å². The van der Waals surface area contributed by atoms with Crippen LogP contribution in [0.5, 0.6) is 0 Å². The molecule has 0 unspecified atom stereocenters. The molecule has 0 aromatic carbocycles. The highest BCUT2D eigenvalue weighted by Crippen LogP contribution is 2.26. The number of amides is 1. The highest BCUT2D eigenvalue weighted by atomic mass is 16.2. The fourth-order valence-electron chi connectivity index (χ4n) is 2.91. The molecule has 98 valence electrons. The molecule has 1 saturated carbocycles. The first kappa shape index (κ1) is 11.7. The standard InChI is InChI=1S/C13H20N4O/c18-13(9-4-2-1-3-5-9)15-12-10-8-14-7-6-11(10)16-17-12/h9,14H,1-8H2,(H2,15,16,17,18). The number of carbonyl (C=O) groups is 1. The molecule has 5 nitrogen and oxygen atoms in total. The van der Waals surface area contributed by atoms with Crippen LogP contribution in [0.25, 0.3) is 0 Å². The maximum atomic E-state index is 12.2. The van der Waals surface area contributed by atoms with E-state index in [9.17, 15) is 4.79 Å². The van der Waals surface area contributed by atoms with Gasteiger partial charge >= 0.3 is 0 Å². The minimum Gasteiger partial charge on any atom is -0.312 e. The van der Waals surface area contributed by atoms with Crippen LogP contribution < -0.4 is 10.6 Å². The van der Waals surface area contributed by atoms with Crippen LogP contribution in [-0.4, -0.2) is 22.6 Å². The molecule has 1 aliphatic heterocycles. The number of nitrogens with one attached hydrogen (secondary N) is 3. The molecular formula is C13H20N4O. The molecule has 1 aliphatic carbocycles. The van der Waals surface area contributed by atoms with Gasteiger partial charge in [0.05, 0.1) is 0 Å². The quantitative estimate of drug-likeness (QED) is 0.744. The van der Waals surface area contributed by atoms with Crippen molar-refractivity contribution >= 4 is 11.7 Å². The van der Waals surface area contributed by atoms with E-state index in [0.717, 1.165) is 49.4 Å². The summed E-state index contributed by atoms with van der Waals surface area (Å²) in [6.07, 6.45) is 6.64. The van der Waals surface area contributed by atoms with E-state index in [4.69, 9.17) is 0 Å². The van der Waals surface area contributed by atoms with Crippen LogP contribution in [0, 0.1) is 5.92 Å². The van der Waals surface area contributed by atoms with E-state index in [1.165, 1.54) is 19.3 Å². The molecule has 0 saturated heterocycles. The molecule has 2 aliphatic rings. The molecule has 0 bridgehead atoms. The first-order chi connectivity index (χ1) is 8.84. The van der Waals surface area contributed by atoms with E-state index in [-0.39, 0.29) is 11.8 Å². The third-order valence-electron chi connectivity index (χ3n) is 4.02. The summed E-state index contributed by atoms with van der Waals surface area (Å²) in [5.41, 5.74) is 2.29. The number of rotatable bonds is 2. The Morgan fingerprint density at radius 2 is 2.11 bits per heavy atom. The smallest absolute Gasteiger partial charge is 0.228 e. The first-order valence-electron chi connectivity index (χ1n) is 6.92. The van der Waals surface area contributed by atoms with Crippen LogP contribution in [0.3, 0.4) is 0 Å². The average Bonchev–Trinajstić information content (AvgIpc) is 2.83. The summed E-state index contributed by atoms with van der Waals surface area (Å²) in [7, 11) is 0. The zero-order chi connectivity index (χ0) is 12.4. The Morgan fingerprint density at radius 3 is 2.94 bits per heavy atom. The summed E-state index contributed by atoms with van der Waals surface area (Å²) >= 11 is 0. The van der Waals surface area contributed by atoms with Gasteiger partial charge in [0.15, 0.2) is 5.82 Å². The molecule has 1 fully saturated rings. The lowest BCUT2D eigenvalue weighted by atomic mass is 9.88. The van der Waals surface area contributed by atoms with Crippen molar-refractivity contribution in [2.75, 3.05) is 11.9 Å². The van der Waals surface area contributed by atoms with Crippen LogP contribution in [0.1, 0.15) is 43.4 Å². The molecular weight excluding hydrogens is 228 g/mol. The maximum absolute atomic E-state index is 12.2. The molecule has 0 atom stereocenters. The number of nitrogens with zero attached hydrogens (tertiary/aromatic N) is 1. The van der Waals surface area contributed by atoms with Gasteiger partial charge in [0.2, 0.25) is 5.91 Å². The van der Waals surface area contributed by atoms with E-state index >= 15 is 0 Å². The zero-order valence-corrected chi connectivity index (χ0v) is 10.6. The van der Waals surface area contributed by atoms with E-state index in [2.05, 4.69) is 20.8 Å². The Morgan fingerprint density at radius 1 is 1.28 bits per heavy atom. The number of hydrogen-bond donors (Lipinski definition) is 3. The van der Waals surface area contributed by atoms with Gasteiger partial charge in [-0.05, 0) is 12.8 Å². The van der Waals surface area contributed by atoms with Crippen LogP contribution >= 0.6 is 0 Å². The second-order valence-corrected chi connectivity index (χ2v) is 5.28. The molecule has 1 aromatic rings. The van der Waals surface area contributed by atoms with Gasteiger partial charge < -0.3 is 10.6 Å². The van der Waals surface area contributed by atoms with Gasteiger partial charge in [0.25, 0.3) is 0 Å². The summed E-state index contributed by atoms with van der Waals surface area (Å²) in [5.74, 6) is 1.06. The summed E-state index contributed by atoms with van der Waals surface area (Å²) < 4.78 is 0. The van der Waals surface area contributed by atoms with Gasteiger partial charge in [-0.3, -0.25) is 9.89 Å². The van der Waals surface area contributed by atoms with Crippen LogP contribution in [0.4, 0.5) is 5.82 Å². The largest absolute Gasteiger partial charge is 0.312 e. The lowest BCUT2D eigenvalue weighted by molar-refractivity contribution is -0.120. The fourth-order valence-corrected chi connectivity index (χ4v) is 2.91. The Balaban J connectivity index is 1.68. The number of aromatic nitrogens is 2. The molecule has 1 amide bonds. The number of anilines is 1. The highest BCUT2D eigenvalue weighted by Gasteiger charge is 2.24. The molecule has 0 radical (unpaired) electrons. The second kappa shape index (κ2) is 5.10. The molecule has 18 heavy (non-hydrogen) atoms. The Kier molecular flexibility index (Phi) is 3.32. The minimum absolute atomic E-state index is 0.148. The van der Waals surface area contributed by atoms with Gasteiger partial charge in [0.1, 0.15) is 0 Å². The van der Waals surface area contributed by atoms with Crippen molar-refractivity contribution in [1.82, 2.24) is 15.5 Å². The molecule has 1 aromatic heterocycles. The lowest BCUT2D eigenvalue weighted by Gasteiger charge is -2.20. The van der Waals surface area contributed by atoms with Crippen molar-refractivity contribution in [1.29, 1.82) is 0 Å². The topological polar surface area (TPSA) is 69.8 Å². The highest BCUT2D eigenvalue weighted by molar-refractivity contribution is 5.92. The predicted molar refractivity (Wildman–Crippen MR) is 69.2 cm³/mol. The van der Waals surface area contributed by atoms with E-state index in [1.54, 1.807) is 0 Å². The van der Waals surface area contributed by atoms with E-state index in [1.807, 2.05) is 0 Å². The van der Waals surface area contributed by atoms with E-state index < -0.39 is 0 Å². The molecule has 5 heteroatoms. The number of hydrogen-bond acceptors (Lipinski definition) is 3. The van der Waals surface area contributed by atoms with Gasteiger partial charge in [-0.1, -0.05) is 19.3 Å². The van der Waals surface area contributed by atoms with Crippen LogP contribution in [0.15, 0.2) is 0 Å². The lowest BCUT2D eigenvalue weighted by Crippen LogP contribution is -2.27. The summed E-state index contributed by atoms with van der Waals surface area (Å²) in [6.45, 7) is 1.78. The number of fused-ring (bicyclic) bond motifs is 1. The SMILES string of the molecule is O=C(Nc1n[nH]c2c1CNCC2)C1CCCCC1. The van der Waals surface area contributed by atoms with Gasteiger partial charge in [-0.2, -0.15) is 5.10 Å². The third kappa shape index (κ3) is 2.27. The summed E-state index contributed by atoms with van der Waals surface area (Å²) in [5, 5.41) is 13.6. The summed E-state index contributed by atoms with van der Waals surface area (Å²) in [4.78, 5) is 12.2. The van der Waals surface area contributed by atoms with Gasteiger partial charge in [-0.15, -0.1) is 0 Å². The monoisotopic (exact) mass is 248 g/mol. The Labute approximate surface area is 107 Å². The number of H-pyrrole nitrogens is 1. The normalized spacial score (nSPS) is 20.4.